The lowest BCUT2D eigenvalue weighted by Gasteiger charge is -2.02. The third-order valence-electron chi connectivity index (χ3n) is 2.95. The molecule has 0 aliphatic heterocycles. The van der Waals surface area contributed by atoms with E-state index >= 15 is 0 Å². The number of carbonyl (C=O) groups is 3. The van der Waals surface area contributed by atoms with Crippen molar-refractivity contribution in [2.24, 2.45) is 0 Å². The predicted octanol–water partition coefficient (Wildman–Crippen LogP) is 2.01. The smallest absolute Gasteiger partial charge is 0.336 e. The van der Waals surface area contributed by atoms with Gasteiger partial charge < -0.3 is 30.3 Å². The van der Waals surface area contributed by atoms with Crippen LogP contribution in [0.25, 0.3) is 0 Å². The van der Waals surface area contributed by atoms with Gasteiger partial charge in [-0.2, -0.15) is 0 Å². The summed E-state index contributed by atoms with van der Waals surface area (Å²) in [6, 6.07) is 2.81. The van der Waals surface area contributed by atoms with Crippen molar-refractivity contribution < 1.29 is 29.7 Å². The quantitative estimate of drug-likeness (QED) is 0.290. The molecule has 0 bridgehead atoms. The molecule has 4 rings (SSSR count). The number of nitrogens with one attached hydrogen (secondary N) is 3. The minimum atomic E-state index is -1.48. The number of H-pyrrole nitrogens is 3. The molecular weight excluding hydrogens is 396 g/mol. The molecule has 0 atom stereocenters. The van der Waals surface area contributed by atoms with Crippen molar-refractivity contribution in [1.29, 1.82) is 0 Å². The standard InChI is InChI=1S/C9H6O6.3C3H4N2/c10-7(11)4-1-2-5(8(12)13)6(3-4)9(14)15;3*1-2-5-3-4-1/h1-3H,(H,10,11)(H,12,13)(H,14,15);3*1-3H,(H,4,5). The summed E-state index contributed by atoms with van der Waals surface area (Å²) in [5, 5.41) is 25.9. The van der Waals surface area contributed by atoms with Crippen LogP contribution in [-0.4, -0.2) is 63.1 Å². The Hall–Kier alpha value is -4.74. The van der Waals surface area contributed by atoms with E-state index in [1.165, 1.54) is 0 Å². The van der Waals surface area contributed by atoms with E-state index in [0.29, 0.717) is 0 Å². The molecule has 3 heterocycles. The second-order valence-electron chi connectivity index (χ2n) is 4.96. The molecule has 0 radical (unpaired) electrons. The molecule has 30 heavy (non-hydrogen) atoms. The van der Waals surface area contributed by atoms with Gasteiger partial charge in [-0.3, -0.25) is 0 Å². The van der Waals surface area contributed by atoms with Crippen molar-refractivity contribution in [2.75, 3.05) is 0 Å². The van der Waals surface area contributed by atoms with Crippen LogP contribution in [0.1, 0.15) is 31.1 Å². The number of aromatic amines is 3. The number of carboxylic acid groups (broad SMARTS) is 3. The van der Waals surface area contributed by atoms with Crippen molar-refractivity contribution in [1.82, 2.24) is 29.9 Å². The molecule has 3 aromatic heterocycles. The van der Waals surface area contributed by atoms with E-state index in [1.54, 1.807) is 56.2 Å². The van der Waals surface area contributed by atoms with Gasteiger partial charge in [0.05, 0.1) is 35.7 Å². The minimum absolute atomic E-state index is 0.266. The van der Waals surface area contributed by atoms with Crippen LogP contribution in [0.5, 0.6) is 0 Å². The molecule has 0 saturated carbocycles. The average molecular weight is 414 g/mol. The van der Waals surface area contributed by atoms with E-state index in [0.717, 1.165) is 18.2 Å². The summed E-state index contributed by atoms with van der Waals surface area (Å²) in [4.78, 5) is 51.0. The zero-order valence-electron chi connectivity index (χ0n) is 15.3. The molecule has 0 aliphatic carbocycles. The van der Waals surface area contributed by atoms with Crippen molar-refractivity contribution in [3.05, 3.63) is 91.1 Å². The summed E-state index contributed by atoms with van der Waals surface area (Å²) >= 11 is 0. The van der Waals surface area contributed by atoms with Crippen LogP contribution < -0.4 is 0 Å². The SMILES string of the molecule is O=C(O)c1ccc(C(=O)O)c(C(=O)O)c1.c1c[nH]cn1.c1c[nH]cn1.c1c[nH]cn1. The summed E-state index contributed by atoms with van der Waals surface area (Å²) in [6.45, 7) is 0. The van der Waals surface area contributed by atoms with E-state index in [4.69, 9.17) is 15.3 Å². The van der Waals surface area contributed by atoms with Crippen LogP contribution in [0.15, 0.2) is 74.4 Å². The molecule has 0 unspecified atom stereocenters. The first-order chi connectivity index (χ1) is 14.4. The van der Waals surface area contributed by atoms with E-state index in [9.17, 15) is 14.4 Å². The van der Waals surface area contributed by atoms with Crippen molar-refractivity contribution in [3.63, 3.8) is 0 Å². The van der Waals surface area contributed by atoms with Gasteiger partial charge in [0.25, 0.3) is 0 Å². The lowest BCUT2D eigenvalue weighted by molar-refractivity contribution is 0.0649. The minimum Gasteiger partial charge on any atom is -0.478 e. The lowest BCUT2D eigenvalue weighted by atomic mass is 10.0. The molecule has 0 spiro atoms. The third-order valence-corrected chi connectivity index (χ3v) is 2.95. The van der Waals surface area contributed by atoms with Gasteiger partial charge in [-0.15, -0.1) is 0 Å². The number of imidazole rings is 3. The van der Waals surface area contributed by atoms with Crippen molar-refractivity contribution in [3.8, 4) is 0 Å². The zero-order valence-corrected chi connectivity index (χ0v) is 15.3. The Morgan fingerprint density at radius 3 is 1.30 bits per heavy atom. The van der Waals surface area contributed by atoms with Gasteiger partial charge in [0.1, 0.15) is 0 Å². The number of nitrogens with zero attached hydrogens (tertiary/aromatic N) is 3. The van der Waals surface area contributed by atoms with Gasteiger partial charge in [-0.05, 0) is 18.2 Å². The maximum Gasteiger partial charge on any atom is 0.336 e. The molecule has 0 aliphatic rings. The van der Waals surface area contributed by atoms with Crippen LogP contribution >= 0.6 is 0 Å². The van der Waals surface area contributed by atoms with Gasteiger partial charge in [-0.25, -0.2) is 29.3 Å². The van der Waals surface area contributed by atoms with Gasteiger partial charge in [-0.1, -0.05) is 0 Å². The maximum atomic E-state index is 10.6. The molecule has 12 nitrogen and oxygen atoms in total. The fourth-order valence-electron chi connectivity index (χ4n) is 1.69. The molecule has 156 valence electrons. The lowest BCUT2D eigenvalue weighted by Crippen LogP contribution is -2.10. The van der Waals surface area contributed by atoms with E-state index < -0.39 is 29.0 Å². The van der Waals surface area contributed by atoms with Crippen LogP contribution in [0, 0.1) is 0 Å². The number of hydrogen-bond donors (Lipinski definition) is 6. The fourth-order valence-corrected chi connectivity index (χ4v) is 1.69. The van der Waals surface area contributed by atoms with Crippen molar-refractivity contribution >= 4 is 17.9 Å². The van der Waals surface area contributed by atoms with Crippen LogP contribution in [-0.2, 0) is 0 Å². The second-order valence-corrected chi connectivity index (χ2v) is 4.96. The third kappa shape index (κ3) is 9.27. The highest BCUT2D eigenvalue weighted by atomic mass is 16.4. The van der Waals surface area contributed by atoms with Crippen LogP contribution in [0.3, 0.4) is 0 Å². The molecule has 4 aromatic rings. The first kappa shape index (κ1) is 23.3. The van der Waals surface area contributed by atoms with E-state index in [2.05, 4.69) is 29.9 Å². The molecule has 12 heteroatoms. The molecule has 6 N–H and O–H groups in total. The number of hydrogen-bond acceptors (Lipinski definition) is 6. The highest BCUT2D eigenvalue weighted by Gasteiger charge is 2.17. The highest BCUT2D eigenvalue weighted by Crippen LogP contribution is 2.12. The van der Waals surface area contributed by atoms with E-state index in [1.807, 2.05) is 0 Å². The normalized spacial score (nSPS) is 8.80. The average Bonchev–Trinajstić information content (AvgIpc) is 3.53. The van der Waals surface area contributed by atoms with Crippen LogP contribution in [0.2, 0.25) is 0 Å². The molecule has 0 fully saturated rings. The Bertz CT molecular complexity index is 870. The summed E-state index contributed by atoms with van der Waals surface area (Å²) in [5.74, 6) is -4.20. The van der Waals surface area contributed by atoms with Crippen molar-refractivity contribution in [2.45, 2.75) is 0 Å². The van der Waals surface area contributed by atoms with E-state index in [-0.39, 0.29) is 5.56 Å². The number of rotatable bonds is 3. The fraction of sp³-hybridized carbons (Fsp3) is 0. The van der Waals surface area contributed by atoms with Gasteiger partial charge >= 0.3 is 17.9 Å². The number of aromatic nitrogens is 6. The molecule has 0 amide bonds. The number of aromatic carboxylic acids is 3. The monoisotopic (exact) mass is 414 g/mol. The molecule has 0 saturated heterocycles. The first-order valence-electron chi connectivity index (χ1n) is 8.05. The molecule has 1 aromatic carbocycles. The largest absolute Gasteiger partial charge is 0.478 e. The number of benzene rings is 1. The Morgan fingerprint density at radius 2 is 1.07 bits per heavy atom. The van der Waals surface area contributed by atoms with Gasteiger partial charge in [0.15, 0.2) is 0 Å². The maximum absolute atomic E-state index is 10.6. The Kier molecular flexibility index (Phi) is 10.4. The summed E-state index contributed by atoms with van der Waals surface area (Å²) in [5.41, 5.74) is -1.24. The molecular formula is C18H18N6O6. The Morgan fingerprint density at radius 1 is 0.633 bits per heavy atom. The Labute approximate surface area is 169 Å². The predicted molar refractivity (Wildman–Crippen MR) is 103 cm³/mol. The number of carboxylic acids is 3. The summed E-state index contributed by atoms with van der Waals surface area (Å²) in [6.07, 6.45) is 15.2. The first-order valence-corrected chi connectivity index (χ1v) is 8.05. The Balaban J connectivity index is 0.000000240. The topological polar surface area (TPSA) is 198 Å². The van der Waals surface area contributed by atoms with Gasteiger partial charge in [0.2, 0.25) is 0 Å². The summed E-state index contributed by atoms with van der Waals surface area (Å²) < 4.78 is 0. The summed E-state index contributed by atoms with van der Waals surface area (Å²) in [7, 11) is 0. The van der Waals surface area contributed by atoms with Gasteiger partial charge in [0, 0.05) is 37.2 Å². The van der Waals surface area contributed by atoms with Crippen LogP contribution in [0.4, 0.5) is 0 Å². The highest BCUT2D eigenvalue weighted by molar-refractivity contribution is 6.03. The zero-order chi connectivity index (χ0) is 22.2. The second kappa shape index (κ2) is 13.4.